The van der Waals surface area contributed by atoms with Crippen LogP contribution in [0.5, 0.6) is 0 Å². The van der Waals surface area contributed by atoms with Crippen LogP contribution in [0.1, 0.15) is 31.9 Å². The van der Waals surface area contributed by atoms with Gasteiger partial charge >= 0.3 is 0 Å². The SMILES string of the molecule is CCCC[C@@H](CO)Nc1nc(N)nc2ccc(C)nc12. The zero-order chi connectivity index (χ0) is 14.5. The zero-order valence-electron chi connectivity index (χ0n) is 11.9. The van der Waals surface area contributed by atoms with Crippen LogP contribution < -0.4 is 11.1 Å². The highest BCUT2D eigenvalue weighted by molar-refractivity contribution is 5.86. The van der Waals surface area contributed by atoms with Gasteiger partial charge in [-0.25, -0.2) is 9.97 Å². The molecule has 0 spiro atoms. The van der Waals surface area contributed by atoms with Crippen molar-refractivity contribution in [2.75, 3.05) is 17.7 Å². The van der Waals surface area contributed by atoms with Gasteiger partial charge in [0.25, 0.3) is 0 Å². The molecular weight excluding hydrogens is 254 g/mol. The molecule has 0 aliphatic heterocycles. The summed E-state index contributed by atoms with van der Waals surface area (Å²) in [5, 5.41) is 12.7. The molecule has 0 saturated heterocycles. The Bertz CT molecular complexity index is 587. The van der Waals surface area contributed by atoms with E-state index in [1.54, 1.807) is 0 Å². The smallest absolute Gasteiger partial charge is 0.222 e. The number of nitrogens with two attached hydrogens (primary N) is 1. The van der Waals surface area contributed by atoms with Crippen LogP contribution >= 0.6 is 0 Å². The minimum atomic E-state index is -0.0465. The number of hydrogen-bond acceptors (Lipinski definition) is 6. The number of aromatic nitrogens is 3. The third-order valence-electron chi connectivity index (χ3n) is 3.17. The van der Waals surface area contributed by atoms with E-state index in [1.165, 1.54) is 0 Å². The lowest BCUT2D eigenvalue weighted by Crippen LogP contribution is -2.24. The Balaban J connectivity index is 2.34. The molecule has 0 radical (unpaired) electrons. The largest absolute Gasteiger partial charge is 0.394 e. The number of aliphatic hydroxyl groups is 1. The monoisotopic (exact) mass is 275 g/mol. The summed E-state index contributed by atoms with van der Waals surface area (Å²) in [6.07, 6.45) is 3.01. The summed E-state index contributed by atoms with van der Waals surface area (Å²) < 4.78 is 0. The van der Waals surface area contributed by atoms with Gasteiger partial charge in [-0.2, -0.15) is 4.98 Å². The number of fused-ring (bicyclic) bond motifs is 1. The van der Waals surface area contributed by atoms with E-state index in [0.29, 0.717) is 16.9 Å². The van der Waals surface area contributed by atoms with E-state index in [2.05, 4.69) is 27.2 Å². The number of aryl methyl sites for hydroxylation is 1. The molecule has 1 atom stereocenters. The summed E-state index contributed by atoms with van der Waals surface area (Å²) >= 11 is 0. The molecule has 2 heterocycles. The van der Waals surface area contributed by atoms with E-state index in [4.69, 9.17) is 5.73 Å². The number of pyridine rings is 1. The second-order valence-corrected chi connectivity index (χ2v) is 4.92. The molecule has 0 unspecified atom stereocenters. The fourth-order valence-electron chi connectivity index (χ4n) is 2.08. The van der Waals surface area contributed by atoms with E-state index in [0.717, 1.165) is 25.0 Å². The fraction of sp³-hybridized carbons (Fsp3) is 0.500. The normalized spacial score (nSPS) is 12.6. The molecule has 2 aromatic heterocycles. The van der Waals surface area contributed by atoms with Gasteiger partial charge in [0, 0.05) is 5.69 Å². The maximum Gasteiger partial charge on any atom is 0.222 e. The van der Waals surface area contributed by atoms with Crippen molar-refractivity contribution >= 4 is 22.8 Å². The van der Waals surface area contributed by atoms with Crippen molar-refractivity contribution in [2.45, 2.75) is 39.2 Å². The minimum Gasteiger partial charge on any atom is -0.394 e. The molecular formula is C14H21N5O. The second kappa shape index (κ2) is 6.47. The quantitative estimate of drug-likeness (QED) is 0.744. The number of unbranched alkanes of at least 4 members (excludes halogenated alkanes) is 1. The molecule has 0 bridgehead atoms. The Kier molecular flexibility index (Phi) is 4.68. The molecule has 6 nitrogen and oxygen atoms in total. The first-order valence-electron chi connectivity index (χ1n) is 6.92. The summed E-state index contributed by atoms with van der Waals surface area (Å²) in [7, 11) is 0. The molecule has 108 valence electrons. The van der Waals surface area contributed by atoms with Crippen LogP contribution in [-0.4, -0.2) is 32.7 Å². The Morgan fingerprint density at radius 3 is 2.80 bits per heavy atom. The Morgan fingerprint density at radius 2 is 2.10 bits per heavy atom. The highest BCUT2D eigenvalue weighted by atomic mass is 16.3. The summed E-state index contributed by atoms with van der Waals surface area (Å²) in [5.41, 5.74) is 8.01. The summed E-state index contributed by atoms with van der Waals surface area (Å²) in [4.78, 5) is 12.9. The molecule has 4 N–H and O–H groups in total. The molecule has 20 heavy (non-hydrogen) atoms. The van der Waals surface area contributed by atoms with E-state index in [1.807, 2.05) is 19.1 Å². The van der Waals surface area contributed by atoms with Crippen LogP contribution in [-0.2, 0) is 0 Å². The average molecular weight is 275 g/mol. The number of anilines is 2. The third-order valence-corrected chi connectivity index (χ3v) is 3.17. The van der Waals surface area contributed by atoms with Crippen LogP contribution in [0.15, 0.2) is 12.1 Å². The molecule has 0 saturated carbocycles. The molecule has 2 rings (SSSR count). The summed E-state index contributed by atoms with van der Waals surface area (Å²) in [5.74, 6) is 0.796. The van der Waals surface area contributed by atoms with Crippen molar-refractivity contribution in [1.82, 2.24) is 15.0 Å². The first-order valence-corrected chi connectivity index (χ1v) is 6.92. The van der Waals surface area contributed by atoms with Gasteiger partial charge in [-0.3, -0.25) is 0 Å². The highest BCUT2D eigenvalue weighted by Gasteiger charge is 2.13. The van der Waals surface area contributed by atoms with Crippen LogP contribution in [0.3, 0.4) is 0 Å². The molecule has 0 aliphatic rings. The lowest BCUT2D eigenvalue weighted by molar-refractivity contribution is 0.267. The third kappa shape index (κ3) is 3.33. The van der Waals surface area contributed by atoms with Crippen LogP contribution in [0.25, 0.3) is 11.0 Å². The molecule has 2 aromatic rings. The molecule has 0 aliphatic carbocycles. The zero-order valence-corrected chi connectivity index (χ0v) is 11.9. The lowest BCUT2D eigenvalue weighted by Gasteiger charge is -2.17. The van der Waals surface area contributed by atoms with E-state index >= 15 is 0 Å². The van der Waals surface area contributed by atoms with Gasteiger partial charge in [-0.05, 0) is 25.5 Å². The summed E-state index contributed by atoms with van der Waals surface area (Å²) in [6, 6.07) is 3.72. The Morgan fingerprint density at radius 1 is 1.30 bits per heavy atom. The van der Waals surface area contributed by atoms with E-state index < -0.39 is 0 Å². The topological polar surface area (TPSA) is 97.0 Å². The number of rotatable bonds is 6. The van der Waals surface area contributed by atoms with Crippen LogP contribution in [0.2, 0.25) is 0 Å². The highest BCUT2D eigenvalue weighted by Crippen LogP contribution is 2.21. The standard InChI is InChI=1S/C14H21N5O/c1-3-4-5-10(8-20)17-13-12-11(18-14(15)19-13)7-6-9(2)16-12/h6-7,10,20H,3-5,8H2,1-2H3,(H3,15,17,18,19)/t10-/m0/s1. The average Bonchev–Trinajstić information content (AvgIpc) is 2.43. The van der Waals surface area contributed by atoms with Gasteiger partial charge in [0.2, 0.25) is 5.95 Å². The second-order valence-electron chi connectivity index (χ2n) is 4.92. The number of nitrogens with one attached hydrogen (secondary N) is 1. The molecule has 6 heteroatoms. The van der Waals surface area contributed by atoms with Gasteiger partial charge < -0.3 is 16.2 Å². The van der Waals surface area contributed by atoms with E-state index in [9.17, 15) is 5.11 Å². The maximum atomic E-state index is 9.45. The van der Waals surface area contributed by atoms with Gasteiger partial charge in [0.05, 0.1) is 18.2 Å². The summed E-state index contributed by atoms with van der Waals surface area (Å²) in [6.45, 7) is 4.09. The minimum absolute atomic E-state index is 0.0465. The molecule has 0 aromatic carbocycles. The Labute approximate surface area is 118 Å². The van der Waals surface area contributed by atoms with Gasteiger partial charge in [0.1, 0.15) is 5.52 Å². The van der Waals surface area contributed by atoms with Crippen LogP contribution in [0, 0.1) is 6.92 Å². The molecule has 0 fully saturated rings. The predicted molar refractivity (Wildman–Crippen MR) is 80.5 cm³/mol. The van der Waals surface area contributed by atoms with Crippen LogP contribution in [0.4, 0.5) is 11.8 Å². The number of nitrogens with zero attached hydrogens (tertiary/aromatic N) is 3. The number of hydrogen-bond donors (Lipinski definition) is 3. The first-order chi connectivity index (χ1) is 9.63. The van der Waals surface area contributed by atoms with Crippen molar-refractivity contribution in [1.29, 1.82) is 0 Å². The van der Waals surface area contributed by atoms with E-state index in [-0.39, 0.29) is 18.6 Å². The molecule has 0 amide bonds. The lowest BCUT2D eigenvalue weighted by atomic mass is 10.1. The van der Waals surface area contributed by atoms with Crippen molar-refractivity contribution in [2.24, 2.45) is 0 Å². The first kappa shape index (κ1) is 14.5. The van der Waals surface area contributed by atoms with Gasteiger partial charge in [-0.1, -0.05) is 19.8 Å². The van der Waals surface area contributed by atoms with Crippen molar-refractivity contribution < 1.29 is 5.11 Å². The van der Waals surface area contributed by atoms with Crippen molar-refractivity contribution in [3.63, 3.8) is 0 Å². The predicted octanol–water partition coefficient (Wildman–Crippen LogP) is 1.88. The van der Waals surface area contributed by atoms with Crippen molar-refractivity contribution in [3.8, 4) is 0 Å². The maximum absolute atomic E-state index is 9.45. The van der Waals surface area contributed by atoms with Crippen molar-refractivity contribution in [3.05, 3.63) is 17.8 Å². The van der Waals surface area contributed by atoms with Gasteiger partial charge in [-0.15, -0.1) is 0 Å². The van der Waals surface area contributed by atoms with Gasteiger partial charge in [0.15, 0.2) is 5.82 Å². The number of nitrogen functional groups attached to an aromatic ring is 1. The fourth-order valence-corrected chi connectivity index (χ4v) is 2.08. The number of aliphatic hydroxyl groups excluding tert-OH is 1. The Hall–Kier alpha value is -1.95.